The van der Waals surface area contributed by atoms with Crippen LogP contribution in [0, 0.1) is 0 Å². The number of benzene rings is 2. The summed E-state index contributed by atoms with van der Waals surface area (Å²) in [5.74, 6) is 0. The van der Waals surface area contributed by atoms with Gasteiger partial charge in [-0.2, -0.15) is 0 Å². The first kappa shape index (κ1) is 16.0. The van der Waals surface area contributed by atoms with Crippen molar-refractivity contribution in [1.82, 2.24) is 0 Å². The molecular weight excluding hydrogens is 351 g/mol. The number of hydrogen-bond donors (Lipinski definition) is 2. The van der Waals surface area contributed by atoms with Gasteiger partial charge in [0.2, 0.25) is 0 Å². The van der Waals surface area contributed by atoms with E-state index in [1.54, 1.807) is 24.3 Å². The van der Waals surface area contributed by atoms with E-state index in [1.165, 1.54) is 18.2 Å². The lowest BCUT2D eigenvalue weighted by Crippen LogP contribution is -2.19. The number of halogens is 2. The minimum Gasteiger partial charge on any atom is -0.389 e. The summed E-state index contributed by atoms with van der Waals surface area (Å²) in [6, 6.07) is 10.8. The molecule has 0 unspecified atom stereocenters. The Balaban J connectivity index is 2.49. The molecule has 0 aliphatic carbocycles. The summed E-state index contributed by atoms with van der Waals surface area (Å²) in [6.45, 7) is 0. The van der Waals surface area contributed by atoms with Crippen LogP contribution in [-0.4, -0.2) is 13.4 Å². The molecule has 3 N–H and O–H groups in total. The molecule has 0 saturated heterocycles. The van der Waals surface area contributed by atoms with Gasteiger partial charge in [0.15, 0.2) is 0 Å². The van der Waals surface area contributed by atoms with E-state index < -0.39 is 10.0 Å². The smallest absolute Gasteiger partial charge is 0.262 e. The third kappa shape index (κ3) is 3.47. The zero-order valence-electron chi connectivity index (χ0n) is 10.5. The molecule has 8 heteroatoms. The van der Waals surface area contributed by atoms with Crippen LogP contribution in [0.15, 0.2) is 47.4 Å². The van der Waals surface area contributed by atoms with Crippen molar-refractivity contribution in [1.29, 1.82) is 0 Å². The lowest BCUT2D eigenvalue weighted by Gasteiger charge is -2.13. The molecule has 0 fully saturated rings. The van der Waals surface area contributed by atoms with Gasteiger partial charge in [0.1, 0.15) is 4.99 Å². The normalized spacial score (nSPS) is 11.1. The van der Waals surface area contributed by atoms with Gasteiger partial charge in [-0.3, -0.25) is 4.72 Å². The highest BCUT2D eigenvalue weighted by atomic mass is 35.5. The van der Waals surface area contributed by atoms with Gasteiger partial charge in [-0.25, -0.2) is 8.42 Å². The van der Waals surface area contributed by atoms with Crippen molar-refractivity contribution in [3.05, 3.63) is 58.1 Å². The van der Waals surface area contributed by atoms with Gasteiger partial charge in [0, 0.05) is 5.56 Å². The molecule has 0 amide bonds. The molecule has 0 saturated carbocycles. The summed E-state index contributed by atoms with van der Waals surface area (Å²) >= 11 is 16.7. The van der Waals surface area contributed by atoms with Crippen LogP contribution < -0.4 is 10.5 Å². The minimum atomic E-state index is -3.89. The van der Waals surface area contributed by atoms with Crippen LogP contribution in [0.4, 0.5) is 5.69 Å². The Morgan fingerprint density at radius 2 is 1.76 bits per heavy atom. The van der Waals surface area contributed by atoms with Crippen molar-refractivity contribution in [3.63, 3.8) is 0 Å². The third-order valence-electron chi connectivity index (χ3n) is 2.64. The molecule has 0 aromatic heterocycles. The van der Waals surface area contributed by atoms with Gasteiger partial charge >= 0.3 is 0 Å². The summed E-state index contributed by atoms with van der Waals surface area (Å²) in [6.07, 6.45) is 0. The van der Waals surface area contributed by atoms with E-state index in [0.29, 0.717) is 0 Å². The van der Waals surface area contributed by atoms with Crippen molar-refractivity contribution >= 4 is 56.1 Å². The molecule has 4 nitrogen and oxygen atoms in total. The minimum absolute atomic E-state index is 0.00633. The predicted octanol–water partition coefficient (Wildman–Crippen LogP) is 3.43. The van der Waals surface area contributed by atoms with Crippen molar-refractivity contribution in [2.45, 2.75) is 4.90 Å². The van der Waals surface area contributed by atoms with Crippen LogP contribution in [0.5, 0.6) is 0 Å². The maximum atomic E-state index is 12.5. The van der Waals surface area contributed by atoms with E-state index in [4.69, 9.17) is 41.2 Å². The molecule has 0 bridgehead atoms. The number of nitrogens with two attached hydrogens (primary N) is 1. The van der Waals surface area contributed by atoms with Crippen molar-refractivity contribution in [3.8, 4) is 0 Å². The Hall–Kier alpha value is -1.34. The van der Waals surface area contributed by atoms with E-state index in [9.17, 15) is 8.42 Å². The second kappa shape index (κ2) is 6.19. The molecule has 0 spiro atoms. The van der Waals surface area contributed by atoms with Crippen molar-refractivity contribution < 1.29 is 8.42 Å². The number of sulfonamides is 1. The van der Waals surface area contributed by atoms with Crippen LogP contribution in [-0.2, 0) is 10.0 Å². The van der Waals surface area contributed by atoms with Crippen LogP contribution in [0.2, 0.25) is 10.0 Å². The van der Waals surface area contributed by atoms with Gasteiger partial charge in [-0.15, -0.1) is 0 Å². The standard InChI is InChI=1S/C13H10Cl2N2O2S2/c14-9-5-3-6-10(12(9)15)17-21(18,19)11-7-2-1-4-8(11)13(16)20/h1-7,17H,(H2,16,20). The van der Waals surface area contributed by atoms with Gasteiger partial charge < -0.3 is 5.73 Å². The molecular formula is C13H10Cl2N2O2S2. The third-order valence-corrected chi connectivity index (χ3v) is 5.10. The summed E-state index contributed by atoms with van der Waals surface area (Å²) < 4.78 is 27.3. The molecule has 2 rings (SSSR count). The van der Waals surface area contributed by atoms with Gasteiger partial charge in [-0.05, 0) is 18.2 Å². The molecule has 0 aliphatic rings. The fourth-order valence-electron chi connectivity index (χ4n) is 1.69. The van der Waals surface area contributed by atoms with Crippen LogP contribution in [0.25, 0.3) is 0 Å². The average molecular weight is 361 g/mol. The maximum absolute atomic E-state index is 12.5. The Kier molecular flexibility index (Phi) is 4.73. The quantitative estimate of drug-likeness (QED) is 0.819. The first-order chi connectivity index (χ1) is 9.83. The fourth-order valence-corrected chi connectivity index (χ4v) is 3.63. The molecule has 2 aromatic rings. The largest absolute Gasteiger partial charge is 0.389 e. The number of anilines is 1. The van der Waals surface area contributed by atoms with E-state index >= 15 is 0 Å². The van der Waals surface area contributed by atoms with Crippen LogP contribution in [0.1, 0.15) is 5.56 Å². The number of thiocarbonyl (C=S) groups is 1. The fraction of sp³-hybridized carbons (Fsp3) is 0. The first-order valence-corrected chi connectivity index (χ1v) is 8.33. The molecule has 110 valence electrons. The van der Waals surface area contributed by atoms with E-state index in [1.807, 2.05) is 0 Å². The highest BCUT2D eigenvalue weighted by Crippen LogP contribution is 2.31. The summed E-state index contributed by atoms with van der Waals surface area (Å²) in [5, 5.41) is 0.370. The molecule has 0 radical (unpaired) electrons. The van der Waals surface area contributed by atoms with Crippen LogP contribution in [0.3, 0.4) is 0 Å². The summed E-state index contributed by atoms with van der Waals surface area (Å²) in [4.78, 5) is -0.0262. The Bertz CT molecular complexity index is 808. The van der Waals surface area contributed by atoms with Crippen LogP contribution >= 0.6 is 35.4 Å². The highest BCUT2D eigenvalue weighted by Gasteiger charge is 2.20. The number of hydrogen-bond acceptors (Lipinski definition) is 3. The predicted molar refractivity (Wildman–Crippen MR) is 89.6 cm³/mol. The summed E-state index contributed by atoms with van der Waals surface area (Å²) in [5.41, 5.74) is 6.00. The van der Waals surface area contributed by atoms with Gasteiger partial charge in [0.05, 0.1) is 20.6 Å². The van der Waals surface area contributed by atoms with Crippen molar-refractivity contribution in [2.24, 2.45) is 5.73 Å². The molecule has 0 atom stereocenters. The highest BCUT2D eigenvalue weighted by molar-refractivity contribution is 7.93. The van der Waals surface area contributed by atoms with E-state index in [0.717, 1.165) is 0 Å². The molecule has 21 heavy (non-hydrogen) atoms. The van der Waals surface area contributed by atoms with Gasteiger partial charge in [0.25, 0.3) is 10.0 Å². The number of rotatable bonds is 4. The summed E-state index contributed by atoms with van der Waals surface area (Å²) in [7, 11) is -3.89. The van der Waals surface area contributed by atoms with E-state index in [-0.39, 0.29) is 31.2 Å². The number of nitrogens with one attached hydrogen (secondary N) is 1. The monoisotopic (exact) mass is 360 g/mol. The SMILES string of the molecule is NC(=S)c1ccccc1S(=O)(=O)Nc1cccc(Cl)c1Cl. The second-order valence-corrected chi connectivity index (χ2v) is 6.94. The Morgan fingerprint density at radius 1 is 1.10 bits per heavy atom. The molecule has 0 aliphatic heterocycles. The average Bonchev–Trinajstić information content (AvgIpc) is 2.44. The van der Waals surface area contributed by atoms with Crippen molar-refractivity contribution in [2.75, 3.05) is 4.72 Å². The lowest BCUT2D eigenvalue weighted by molar-refractivity contribution is 0.601. The topological polar surface area (TPSA) is 72.2 Å². The molecule has 0 heterocycles. The maximum Gasteiger partial charge on any atom is 0.262 e. The Morgan fingerprint density at radius 3 is 2.43 bits per heavy atom. The first-order valence-electron chi connectivity index (χ1n) is 5.68. The second-order valence-electron chi connectivity index (χ2n) is 4.07. The zero-order chi connectivity index (χ0) is 15.6. The zero-order valence-corrected chi connectivity index (χ0v) is 13.7. The molecule has 2 aromatic carbocycles. The lowest BCUT2D eigenvalue weighted by atomic mass is 10.2. The van der Waals surface area contributed by atoms with E-state index in [2.05, 4.69) is 4.72 Å². The Labute approximate surface area is 137 Å². The van der Waals surface area contributed by atoms with Gasteiger partial charge in [-0.1, -0.05) is 59.7 Å².